The summed E-state index contributed by atoms with van der Waals surface area (Å²) < 4.78 is 15.6. The summed E-state index contributed by atoms with van der Waals surface area (Å²) in [4.78, 5) is 16.0. The molecule has 0 radical (unpaired) electrons. The molecule has 2 rings (SSSR count). The first kappa shape index (κ1) is 16.8. The van der Waals surface area contributed by atoms with Gasteiger partial charge in [-0.3, -0.25) is 0 Å². The van der Waals surface area contributed by atoms with Crippen molar-refractivity contribution >= 4 is 40.1 Å². The molecule has 0 aliphatic rings. The summed E-state index contributed by atoms with van der Waals surface area (Å²) in [5, 5.41) is 1.40. The summed E-state index contributed by atoms with van der Waals surface area (Å²) in [6.07, 6.45) is -0.115. The Balaban J connectivity index is 2.56. The number of carbonyl (C=O) groups is 1. The number of carbonyl (C=O) groups excluding carboxylic acids is 1. The first-order chi connectivity index (χ1) is 10.5. The van der Waals surface area contributed by atoms with Crippen LogP contribution in [0.15, 0.2) is 18.2 Å². The largest absolute Gasteiger partial charge is 0.490 e. The Hall–Kier alpha value is -1.56. The normalized spacial score (nSPS) is 12.2. The van der Waals surface area contributed by atoms with Crippen molar-refractivity contribution in [3.63, 3.8) is 0 Å². The summed E-state index contributed by atoms with van der Waals surface area (Å²) in [7, 11) is 2.87. The molecule has 118 valence electrons. The van der Waals surface area contributed by atoms with Gasteiger partial charge in [0.25, 0.3) is 0 Å². The van der Waals surface area contributed by atoms with E-state index in [-0.39, 0.29) is 11.8 Å². The Labute approximate surface area is 138 Å². The molecule has 1 heterocycles. The molecule has 22 heavy (non-hydrogen) atoms. The molecule has 2 aromatic rings. The third-order valence-electron chi connectivity index (χ3n) is 3.06. The summed E-state index contributed by atoms with van der Waals surface area (Å²) in [5.74, 6) is -0.140. The van der Waals surface area contributed by atoms with Crippen molar-refractivity contribution in [3.8, 4) is 5.75 Å². The smallest absolute Gasteiger partial charge is 0.356 e. The van der Waals surface area contributed by atoms with E-state index >= 15 is 0 Å². The molecule has 5 nitrogen and oxygen atoms in total. The number of fused-ring (bicyclic) bond motifs is 1. The lowest BCUT2D eigenvalue weighted by molar-refractivity contribution is 0.0592. The van der Waals surface area contributed by atoms with Crippen molar-refractivity contribution in [2.45, 2.75) is 13.0 Å². The molecule has 0 N–H and O–H groups in total. The number of hydrogen-bond donors (Lipinski definition) is 0. The highest BCUT2D eigenvalue weighted by Crippen LogP contribution is 2.34. The van der Waals surface area contributed by atoms with Gasteiger partial charge in [-0.1, -0.05) is 23.2 Å². The van der Waals surface area contributed by atoms with Crippen molar-refractivity contribution in [1.82, 2.24) is 4.98 Å². The van der Waals surface area contributed by atoms with Crippen LogP contribution in [0.25, 0.3) is 10.9 Å². The lowest BCUT2D eigenvalue weighted by Gasteiger charge is -2.15. The van der Waals surface area contributed by atoms with Crippen molar-refractivity contribution < 1.29 is 19.0 Å². The van der Waals surface area contributed by atoms with Crippen LogP contribution in [0.4, 0.5) is 0 Å². The van der Waals surface area contributed by atoms with Gasteiger partial charge >= 0.3 is 5.97 Å². The van der Waals surface area contributed by atoms with E-state index in [9.17, 15) is 4.79 Å². The summed E-state index contributed by atoms with van der Waals surface area (Å²) in [6.45, 7) is 2.16. The fourth-order valence-corrected chi connectivity index (χ4v) is 2.42. The Morgan fingerprint density at radius 3 is 2.64 bits per heavy atom. The highest BCUT2D eigenvalue weighted by atomic mass is 35.5. The molecular weight excluding hydrogens is 329 g/mol. The van der Waals surface area contributed by atoms with E-state index < -0.39 is 5.97 Å². The van der Waals surface area contributed by atoms with Crippen LogP contribution in [0.2, 0.25) is 10.0 Å². The fraction of sp³-hybridized carbons (Fsp3) is 0.333. The quantitative estimate of drug-likeness (QED) is 0.774. The number of ether oxygens (including phenoxy) is 3. The van der Waals surface area contributed by atoms with E-state index in [1.54, 1.807) is 19.2 Å². The summed E-state index contributed by atoms with van der Waals surface area (Å²) in [5.41, 5.74) is 0.578. The number of esters is 1. The number of benzene rings is 1. The van der Waals surface area contributed by atoms with Gasteiger partial charge in [-0.05, 0) is 19.1 Å². The van der Waals surface area contributed by atoms with Gasteiger partial charge < -0.3 is 14.2 Å². The number of nitrogens with zero attached hydrogens (tertiary/aromatic N) is 1. The number of halogens is 2. The average molecular weight is 344 g/mol. The van der Waals surface area contributed by atoms with E-state index in [0.29, 0.717) is 33.3 Å². The average Bonchev–Trinajstić information content (AvgIpc) is 2.50. The molecule has 0 aliphatic heterocycles. The molecule has 0 aliphatic carbocycles. The number of aromatic nitrogens is 1. The molecule has 1 aromatic carbocycles. The predicted octanol–water partition coefficient (Wildman–Crippen LogP) is 3.74. The minimum Gasteiger partial charge on any atom is -0.490 e. The van der Waals surface area contributed by atoms with Crippen molar-refractivity contribution in [2.75, 3.05) is 20.8 Å². The molecular formula is C15H15Cl2NO4. The monoisotopic (exact) mass is 343 g/mol. The Morgan fingerprint density at radius 2 is 2.00 bits per heavy atom. The second kappa shape index (κ2) is 7.13. The van der Waals surface area contributed by atoms with Crippen LogP contribution in [0.5, 0.6) is 5.75 Å². The Morgan fingerprint density at radius 1 is 1.27 bits per heavy atom. The molecule has 1 atom stereocenters. The van der Waals surface area contributed by atoms with Gasteiger partial charge in [-0.25, -0.2) is 9.78 Å². The van der Waals surface area contributed by atoms with E-state index in [4.69, 9.17) is 37.4 Å². The molecule has 0 amide bonds. The number of hydrogen-bond acceptors (Lipinski definition) is 5. The van der Waals surface area contributed by atoms with Crippen LogP contribution in [0.1, 0.15) is 17.4 Å². The maximum absolute atomic E-state index is 11.7. The summed E-state index contributed by atoms with van der Waals surface area (Å²) in [6, 6.07) is 4.70. The molecule has 0 saturated heterocycles. The third kappa shape index (κ3) is 3.61. The summed E-state index contributed by atoms with van der Waals surface area (Å²) >= 11 is 12.2. The third-order valence-corrected chi connectivity index (χ3v) is 3.58. The highest BCUT2D eigenvalue weighted by Gasteiger charge is 2.17. The Bertz CT molecular complexity index is 705. The molecule has 0 spiro atoms. The van der Waals surface area contributed by atoms with Crippen LogP contribution in [0.3, 0.4) is 0 Å². The van der Waals surface area contributed by atoms with Gasteiger partial charge in [0, 0.05) is 18.2 Å². The van der Waals surface area contributed by atoms with Gasteiger partial charge in [-0.2, -0.15) is 0 Å². The number of rotatable bonds is 5. The standard InChI is InChI=1S/C15H15Cl2NO4/c1-8(20-2)7-22-13-6-12(15(19)21-3)18-11-5-9(16)4-10(17)14(11)13/h4-6,8H,7H2,1-3H3. The van der Waals surface area contributed by atoms with E-state index in [0.717, 1.165) is 0 Å². The fourth-order valence-electron chi connectivity index (χ4n) is 1.85. The van der Waals surface area contributed by atoms with Gasteiger partial charge in [0.05, 0.1) is 29.1 Å². The van der Waals surface area contributed by atoms with Crippen LogP contribution < -0.4 is 4.74 Å². The van der Waals surface area contributed by atoms with Crippen LogP contribution >= 0.6 is 23.2 Å². The van der Waals surface area contributed by atoms with E-state index in [1.165, 1.54) is 13.2 Å². The van der Waals surface area contributed by atoms with Crippen molar-refractivity contribution in [1.29, 1.82) is 0 Å². The van der Waals surface area contributed by atoms with Crippen LogP contribution in [-0.2, 0) is 9.47 Å². The lowest BCUT2D eigenvalue weighted by atomic mass is 10.1. The van der Waals surface area contributed by atoms with Gasteiger partial charge in [0.1, 0.15) is 12.4 Å². The van der Waals surface area contributed by atoms with E-state index in [1.807, 2.05) is 6.92 Å². The minimum atomic E-state index is -0.567. The number of methoxy groups -OCH3 is 2. The zero-order valence-electron chi connectivity index (χ0n) is 12.4. The molecule has 0 fully saturated rings. The lowest BCUT2D eigenvalue weighted by Crippen LogP contribution is -2.16. The van der Waals surface area contributed by atoms with Gasteiger partial charge in [0.2, 0.25) is 0 Å². The SMILES string of the molecule is COC(=O)c1cc(OCC(C)OC)c2c(Cl)cc(Cl)cc2n1. The maximum Gasteiger partial charge on any atom is 0.356 e. The van der Waals surface area contributed by atoms with Crippen molar-refractivity contribution in [3.05, 3.63) is 33.9 Å². The zero-order valence-corrected chi connectivity index (χ0v) is 13.9. The maximum atomic E-state index is 11.7. The molecule has 0 saturated carbocycles. The zero-order chi connectivity index (χ0) is 16.3. The van der Waals surface area contributed by atoms with Gasteiger partial charge in [0.15, 0.2) is 5.69 Å². The molecule has 1 aromatic heterocycles. The topological polar surface area (TPSA) is 57.7 Å². The number of pyridine rings is 1. The molecule has 7 heteroatoms. The molecule has 1 unspecified atom stereocenters. The second-order valence-corrected chi connectivity index (χ2v) is 5.48. The van der Waals surface area contributed by atoms with Crippen LogP contribution in [-0.4, -0.2) is 37.9 Å². The van der Waals surface area contributed by atoms with Crippen LogP contribution in [0, 0.1) is 0 Å². The first-order valence-electron chi connectivity index (χ1n) is 6.50. The highest BCUT2D eigenvalue weighted by molar-refractivity contribution is 6.39. The predicted molar refractivity (Wildman–Crippen MR) is 85.1 cm³/mol. The minimum absolute atomic E-state index is 0.115. The molecule has 0 bridgehead atoms. The second-order valence-electron chi connectivity index (χ2n) is 4.64. The Kier molecular flexibility index (Phi) is 5.45. The van der Waals surface area contributed by atoms with E-state index in [2.05, 4.69) is 4.98 Å². The van der Waals surface area contributed by atoms with Crippen molar-refractivity contribution in [2.24, 2.45) is 0 Å². The van der Waals surface area contributed by atoms with Gasteiger partial charge in [-0.15, -0.1) is 0 Å². The first-order valence-corrected chi connectivity index (χ1v) is 7.25.